The van der Waals surface area contributed by atoms with Gasteiger partial charge in [-0.1, -0.05) is 0 Å². The number of hydrogen-bond donors (Lipinski definition) is 1. The summed E-state index contributed by atoms with van der Waals surface area (Å²) in [7, 11) is 3.29. The zero-order valence-corrected chi connectivity index (χ0v) is 42.6. The third-order valence-electron chi connectivity index (χ3n) is 8.41. The number of methoxy groups -OCH3 is 2. The second-order valence-electron chi connectivity index (χ2n) is 14.0. The van der Waals surface area contributed by atoms with E-state index in [9.17, 15) is 0 Å². The van der Waals surface area contributed by atoms with Gasteiger partial charge < -0.3 is 110 Å². The first-order valence-electron chi connectivity index (χ1n) is 24.6. The molecule has 0 unspecified atom stereocenters. The van der Waals surface area contributed by atoms with Crippen LogP contribution in [0.4, 0.5) is 0 Å². The summed E-state index contributed by atoms with van der Waals surface area (Å²) in [4.78, 5) is 0. The van der Waals surface area contributed by atoms with Crippen LogP contribution in [0.5, 0.6) is 0 Å². The van der Waals surface area contributed by atoms with Gasteiger partial charge in [0.1, 0.15) is 0 Å². The predicted molar refractivity (Wildman–Crippen MR) is 253 cm³/mol. The van der Waals surface area contributed by atoms with Crippen molar-refractivity contribution in [1.82, 2.24) is 5.32 Å². The molecule has 416 valence electrons. The molecule has 0 fully saturated rings. The molecular weight excluding hydrogens is 918 g/mol. The van der Waals surface area contributed by atoms with Gasteiger partial charge in [0.05, 0.1) is 277 Å². The minimum atomic E-state index is 0.501. The van der Waals surface area contributed by atoms with Crippen LogP contribution in [0.15, 0.2) is 0 Å². The largest absolute Gasteiger partial charge is 0.382 e. The zero-order valence-electron chi connectivity index (χ0n) is 42.6. The zero-order chi connectivity index (χ0) is 49.4. The van der Waals surface area contributed by atoms with Crippen molar-refractivity contribution < 1.29 is 104 Å². The highest BCUT2D eigenvalue weighted by molar-refractivity contribution is 4.46. The van der Waals surface area contributed by atoms with E-state index >= 15 is 0 Å². The van der Waals surface area contributed by atoms with E-state index in [0.717, 1.165) is 13.1 Å². The lowest BCUT2D eigenvalue weighted by atomic mass is 10.6. The van der Waals surface area contributed by atoms with Crippen LogP contribution in [0, 0.1) is 0 Å². The SMILES string of the molecule is COCCOCCOCCOCCOCCOCCOCCOCCOCCOCCOCCNCCOCCOCCOCCOCCOCCOCCOCCOCCOCCOCCOC. The van der Waals surface area contributed by atoms with E-state index in [2.05, 4.69) is 5.32 Å². The molecular formula is C46H95NO22. The second-order valence-corrected chi connectivity index (χ2v) is 14.0. The number of ether oxygens (including phenoxy) is 22. The second kappa shape index (κ2) is 67.1. The van der Waals surface area contributed by atoms with E-state index in [1.54, 1.807) is 14.2 Å². The molecule has 1 N–H and O–H groups in total. The van der Waals surface area contributed by atoms with Gasteiger partial charge in [0.2, 0.25) is 0 Å². The summed E-state index contributed by atoms with van der Waals surface area (Å²) in [5.41, 5.74) is 0. The maximum Gasteiger partial charge on any atom is 0.0701 e. The highest BCUT2D eigenvalue weighted by Crippen LogP contribution is 1.90. The van der Waals surface area contributed by atoms with Crippen molar-refractivity contribution in [3.05, 3.63) is 0 Å². The molecule has 0 radical (unpaired) electrons. The monoisotopic (exact) mass is 1010 g/mol. The minimum Gasteiger partial charge on any atom is -0.382 e. The molecule has 0 aliphatic carbocycles. The lowest BCUT2D eigenvalue weighted by molar-refractivity contribution is -0.0272. The topological polar surface area (TPSA) is 215 Å². The Kier molecular flexibility index (Phi) is 66.2. The third kappa shape index (κ3) is 67.1. The smallest absolute Gasteiger partial charge is 0.0701 e. The molecule has 0 saturated heterocycles. The van der Waals surface area contributed by atoms with Gasteiger partial charge in [0.15, 0.2) is 0 Å². The average molecular weight is 1010 g/mol. The Morgan fingerprint density at radius 1 is 0.145 bits per heavy atom. The van der Waals surface area contributed by atoms with Crippen molar-refractivity contribution in [3.63, 3.8) is 0 Å². The molecule has 0 atom stereocenters. The molecule has 0 bridgehead atoms. The Morgan fingerprint density at radius 3 is 0.362 bits per heavy atom. The van der Waals surface area contributed by atoms with Crippen molar-refractivity contribution in [2.45, 2.75) is 0 Å². The Bertz CT molecular complexity index is 816. The number of rotatable bonds is 66. The minimum absolute atomic E-state index is 0.501. The van der Waals surface area contributed by atoms with Crippen LogP contribution in [0.2, 0.25) is 0 Å². The van der Waals surface area contributed by atoms with Crippen LogP contribution in [-0.4, -0.2) is 305 Å². The van der Waals surface area contributed by atoms with Crippen LogP contribution in [0.25, 0.3) is 0 Å². The van der Waals surface area contributed by atoms with Crippen molar-refractivity contribution in [2.75, 3.05) is 305 Å². The van der Waals surface area contributed by atoms with Crippen molar-refractivity contribution >= 4 is 0 Å². The fourth-order valence-electron chi connectivity index (χ4n) is 4.86. The highest BCUT2D eigenvalue weighted by atomic mass is 16.6. The van der Waals surface area contributed by atoms with E-state index in [-0.39, 0.29) is 0 Å². The van der Waals surface area contributed by atoms with Crippen LogP contribution in [-0.2, 0) is 104 Å². The van der Waals surface area contributed by atoms with E-state index < -0.39 is 0 Å². The molecule has 0 spiro atoms. The molecule has 23 heteroatoms. The molecule has 0 heterocycles. The lowest BCUT2D eigenvalue weighted by Gasteiger charge is -2.09. The fraction of sp³-hybridized carbons (Fsp3) is 1.00. The summed E-state index contributed by atoms with van der Waals surface area (Å²) >= 11 is 0. The summed E-state index contributed by atoms with van der Waals surface area (Å²) in [6.45, 7) is 23.5. The van der Waals surface area contributed by atoms with Gasteiger partial charge in [-0.2, -0.15) is 0 Å². The van der Waals surface area contributed by atoms with Crippen LogP contribution >= 0.6 is 0 Å². The van der Waals surface area contributed by atoms with E-state index in [0.29, 0.717) is 277 Å². The first-order valence-corrected chi connectivity index (χ1v) is 24.6. The molecule has 0 aliphatic heterocycles. The van der Waals surface area contributed by atoms with E-state index in [4.69, 9.17) is 104 Å². The quantitative estimate of drug-likeness (QED) is 0.0806. The van der Waals surface area contributed by atoms with E-state index in [1.165, 1.54) is 0 Å². The number of nitrogens with one attached hydrogen (secondary N) is 1. The summed E-state index contributed by atoms with van der Waals surface area (Å²) in [5.74, 6) is 0. The lowest BCUT2D eigenvalue weighted by Crippen LogP contribution is -2.25. The Balaban J connectivity index is 3.07. The van der Waals surface area contributed by atoms with Crippen molar-refractivity contribution in [1.29, 1.82) is 0 Å². The van der Waals surface area contributed by atoms with Crippen molar-refractivity contribution in [3.8, 4) is 0 Å². The Morgan fingerprint density at radius 2 is 0.246 bits per heavy atom. The van der Waals surface area contributed by atoms with Gasteiger partial charge in [0.25, 0.3) is 0 Å². The maximum atomic E-state index is 5.58. The molecule has 0 amide bonds. The van der Waals surface area contributed by atoms with Gasteiger partial charge >= 0.3 is 0 Å². The average Bonchev–Trinajstić information content (AvgIpc) is 3.36. The molecule has 0 aromatic carbocycles. The van der Waals surface area contributed by atoms with Crippen LogP contribution in [0.3, 0.4) is 0 Å². The summed E-state index contributed by atoms with van der Waals surface area (Å²) in [6.07, 6.45) is 0. The first kappa shape index (κ1) is 68.1. The number of hydrogen-bond acceptors (Lipinski definition) is 23. The van der Waals surface area contributed by atoms with E-state index in [1.807, 2.05) is 0 Å². The van der Waals surface area contributed by atoms with Gasteiger partial charge in [0, 0.05) is 27.3 Å². The van der Waals surface area contributed by atoms with Gasteiger partial charge in [-0.05, 0) is 0 Å². The highest BCUT2D eigenvalue weighted by Gasteiger charge is 1.99. The normalized spacial score (nSPS) is 11.7. The van der Waals surface area contributed by atoms with Crippen LogP contribution in [0.1, 0.15) is 0 Å². The Labute approximate surface area is 413 Å². The molecule has 0 aromatic rings. The summed E-state index contributed by atoms with van der Waals surface area (Å²) < 4.78 is 119. The molecule has 0 saturated carbocycles. The summed E-state index contributed by atoms with van der Waals surface area (Å²) in [6, 6.07) is 0. The van der Waals surface area contributed by atoms with Gasteiger partial charge in [-0.15, -0.1) is 0 Å². The Hall–Kier alpha value is -0.920. The van der Waals surface area contributed by atoms with Crippen LogP contribution < -0.4 is 5.32 Å². The predicted octanol–water partition coefficient (Wildman–Crippen LogP) is 0.201. The molecule has 0 aliphatic rings. The maximum absolute atomic E-state index is 5.58. The standard InChI is InChI=1S/C46H95NO22/c1-48-7-9-52-15-17-56-23-25-60-31-33-64-39-41-68-45-43-66-37-35-62-29-27-58-21-19-54-13-11-50-5-3-47-4-6-51-12-14-55-20-22-59-28-30-63-36-38-67-44-46-69-42-40-65-34-32-61-26-24-57-18-16-53-10-8-49-2/h47H,3-46H2,1-2H3. The molecule has 0 aromatic heterocycles. The summed E-state index contributed by atoms with van der Waals surface area (Å²) in [5, 5.41) is 3.28. The molecule has 69 heavy (non-hydrogen) atoms. The van der Waals surface area contributed by atoms with Gasteiger partial charge in [-0.3, -0.25) is 0 Å². The fourth-order valence-corrected chi connectivity index (χ4v) is 4.86. The third-order valence-corrected chi connectivity index (χ3v) is 8.41. The first-order chi connectivity index (χ1) is 34.4. The van der Waals surface area contributed by atoms with Gasteiger partial charge in [-0.25, -0.2) is 0 Å². The van der Waals surface area contributed by atoms with Crippen molar-refractivity contribution in [2.24, 2.45) is 0 Å². The molecule has 0 rings (SSSR count). The molecule has 23 nitrogen and oxygen atoms in total.